The SMILES string of the molecule is COC(=O)c1ccc(C)c(NC2CCC(C)(C)CC2)c1. The lowest BCUT2D eigenvalue weighted by atomic mass is 9.75. The summed E-state index contributed by atoms with van der Waals surface area (Å²) in [6.45, 7) is 6.74. The highest BCUT2D eigenvalue weighted by Crippen LogP contribution is 2.36. The third-order valence-corrected chi connectivity index (χ3v) is 4.36. The van der Waals surface area contributed by atoms with Crippen LogP contribution in [0.4, 0.5) is 5.69 Å². The zero-order chi connectivity index (χ0) is 14.8. The van der Waals surface area contributed by atoms with Crippen molar-refractivity contribution in [2.45, 2.75) is 52.5 Å². The molecule has 1 saturated carbocycles. The largest absolute Gasteiger partial charge is 0.465 e. The molecular formula is C17H25NO2. The van der Waals surface area contributed by atoms with Crippen molar-refractivity contribution in [2.24, 2.45) is 5.41 Å². The summed E-state index contributed by atoms with van der Waals surface area (Å²) < 4.78 is 4.78. The normalized spacial score (nSPS) is 18.6. The van der Waals surface area contributed by atoms with Gasteiger partial charge in [-0.25, -0.2) is 4.79 Å². The van der Waals surface area contributed by atoms with Crippen LogP contribution in [-0.2, 0) is 4.74 Å². The van der Waals surface area contributed by atoms with Crippen molar-refractivity contribution in [1.82, 2.24) is 0 Å². The topological polar surface area (TPSA) is 38.3 Å². The number of hydrogen-bond acceptors (Lipinski definition) is 3. The molecule has 0 saturated heterocycles. The van der Waals surface area contributed by atoms with E-state index in [0.717, 1.165) is 5.69 Å². The molecule has 110 valence electrons. The van der Waals surface area contributed by atoms with E-state index in [0.29, 0.717) is 17.0 Å². The van der Waals surface area contributed by atoms with Gasteiger partial charge in [-0.15, -0.1) is 0 Å². The molecule has 1 aliphatic carbocycles. The first-order valence-electron chi connectivity index (χ1n) is 7.37. The molecule has 0 aliphatic heterocycles. The van der Waals surface area contributed by atoms with Gasteiger partial charge in [0.25, 0.3) is 0 Å². The van der Waals surface area contributed by atoms with E-state index in [2.05, 4.69) is 26.1 Å². The summed E-state index contributed by atoms with van der Waals surface area (Å²) in [5.41, 5.74) is 3.30. The van der Waals surface area contributed by atoms with Gasteiger partial charge in [0.05, 0.1) is 12.7 Å². The smallest absolute Gasteiger partial charge is 0.337 e. The van der Waals surface area contributed by atoms with E-state index < -0.39 is 0 Å². The maximum Gasteiger partial charge on any atom is 0.337 e. The predicted molar refractivity (Wildman–Crippen MR) is 82.2 cm³/mol. The molecular weight excluding hydrogens is 250 g/mol. The lowest BCUT2D eigenvalue weighted by Crippen LogP contribution is -2.30. The van der Waals surface area contributed by atoms with Gasteiger partial charge in [-0.2, -0.15) is 0 Å². The molecule has 1 fully saturated rings. The first-order valence-corrected chi connectivity index (χ1v) is 7.37. The third kappa shape index (κ3) is 3.53. The number of benzene rings is 1. The number of nitrogens with one attached hydrogen (secondary N) is 1. The molecule has 20 heavy (non-hydrogen) atoms. The molecule has 2 rings (SSSR count). The fourth-order valence-electron chi connectivity index (χ4n) is 2.79. The number of rotatable bonds is 3. The highest BCUT2D eigenvalue weighted by Gasteiger charge is 2.26. The van der Waals surface area contributed by atoms with E-state index >= 15 is 0 Å². The molecule has 3 nitrogen and oxygen atoms in total. The molecule has 1 aromatic rings. The van der Waals surface area contributed by atoms with Crippen LogP contribution >= 0.6 is 0 Å². The van der Waals surface area contributed by atoms with Crippen LogP contribution in [0.25, 0.3) is 0 Å². The Labute approximate surface area is 121 Å². The van der Waals surface area contributed by atoms with Gasteiger partial charge in [-0.1, -0.05) is 19.9 Å². The molecule has 0 unspecified atom stereocenters. The average molecular weight is 275 g/mol. The lowest BCUT2D eigenvalue weighted by Gasteiger charge is -2.35. The molecule has 0 heterocycles. The highest BCUT2D eigenvalue weighted by molar-refractivity contribution is 5.90. The second kappa shape index (κ2) is 5.86. The number of carbonyl (C=O) groups is 1. The van der Waals surface area contributed by atoms with Crippen molar-refractivity contribution in [3.05, 3.63) is 29.3 Å². The number of carbonyl (C=O) groups excluding carboxylic acids is 1. The van der Waals surface area contributed by atoms with Gasteiger partial charge in [0.2, 0.25) is 0 Å². The average Bonchev–Trinajstić information content (AvgIpc) is 2.42. The summed E-state index contributed by atoms with van der Waals surface area (Å²) in [7, 11) is 1.42. The predicted octanol–water partition coefficient (Wildman–Crippen LogP) is 4.16. The first-order chi connectivity index (χ1) is 9.41. The minimum absolute atomic E-state index is 0.280. The number of esters is 1. The van der Waals surface area contributed by atoms with Gasteiger partial charge in [-0.3, -0.25) is 0 Å². The van der Waals surface area contributed by atoms with E-state index in [9.17, 15) is 4.79 Å². The molecule has 0 radical (unpaired) electrons. The van der Waals surface area contributed by atoms with E-state index in [1.807, 2.05) is 18.2 Å². The summed E-state index contributed by atoms with van der Waals surface area (Å²) >= 11 is 0. The quantitative estimate of drug-likeness (QED) is 0.842. The fourth-order valence-corrected chi connectivity index (χ4v) is 2.79. The standard InChI is InChI=1S/C17H25NO2/c1-12-5-6-13(16(19)20-4)11-15(12)18-14-7-9-17(2,3)10-8-14/h5-6,11,14,18H,7-10H2,1-4H3. The van der Waals surface area contributed by atoms with Crippen LogP contribution in [0.5, 0.6) is 0 Å². The Morgan fingerprint density at radius 1 is 1.30 bits per heavy atom. The van der Waals surface area contributed by atoms with E-state index in [1.54, 1.807) is 0 Å². The summed E-state index contributed by atoms with van der Waals surface area (Å²) in [5, 5.41) is 3.60. The van der Waals surface area contributed by atoms with Crippen LogP contribution in [0.1, 0.15) is 55.5 Å². The van der Waals surface area contributed by atoms with Crippen molar-refractivity contribution in [1.29, 1.82) is 0 Å². The van der Waals surface area contributed by atoms with Crippen LogP contribution in [0.3, 0.4) is 0 Å². The van der Waals surface area contributed by atoms with Crippen LogP contribution < -0.4 is 5.32 Å². The lowest BCUT2D eigenvalue weighted by molar-refractivity contribution is 0.0601. The number of aryl methyl sites for hydroxylation is 1. The van der Waals surface area contributed by atoms with Gasteiger partial charge in [0.1, 0.15) is 0 Å². The maximum absolute atomic E-state index is 11.6. The zero-order valence-electron chi connectivity index (χ0n) is 13.0. The Morgan fingerprint density at radius 3 is 2.55 bits per heavy atom. The van der Waals surface area contributed by atoms with Gasteiger partial charge in [0, 0.05) is 11.7 Å². The molecule has 1 N–H and O–H groups in total. The molecule has 1 aliphatic rings. The first kappa shape index (κ1) is 14.9. The Morgan fingerprint density at radius 2 is 1.95 bits per heavy atom. The van der Waals surface area contributed by atoms with Gasteiger partial charge >= 0.3 is 5.97 Å². The van der Waals surface area contributed by atoms with Crippen molar-refractivity contribution < 1.29 is 9.53 Å². The Hall–Kier alpha value is -1.51. The third-order valence-electron chi connectivity index (χ3n) is 4.36. The number of anilines is 1. The van der Waals surface area contributed by atoms with Gasteiger partial charge < -0.3 is 10.1 Å². The summed E-state index contributed by atoms with van der Waals surface area (Å²) in [5.74, 6) is -0.280. The monoisotopic (exact) mass is 275 g/mol. The van der Waals surface area contributed by atoms with Crippen LogP contribution in [0.15, 0.2) is 18.2 Å². The number of ether oxygens (including phenoxy) is 1. The minimum atomic E-state index is -0.280. The molecule has 0 bridgehead atoms. The second-order valence-electron chi connectivity index (χ2n) is 6.60. The maximum atomic E-state index is 11.6. The van der Waals surface area contributed by atoms with Crippen LogP contribution in [0, 0.1) is 12.3 Å². The second-order valence-corrected chi connectivity index (χ2v) is 6.60. The van der Waals surface area contributed by atoms with Gasteiger partial charge in [0.15, 0.2) is 0 Å². The summed E-state index contributed by atoms with van der Waals surface area (Å²) in [6.07, 6.45) is 4.88. The fraction of sp³-hybridized carbons (Fsp3) is 0.588. The van der Waals surface area contributed by atoms with Crippen molar-refractivity contribution >= 4 is 11.7 Å². The summed E-state index contributed by atoms with van der Waals surface area (Å²) in [6, 6.07) is 6.20. The molecule has 0 atom stereocenters. The minimum Gasteiger partial charge on any atom is -0.465 e. The number of methoxy groups -OCH3 is 1. The van der Waals surface area contributed by atoms with E-state index in [-0.39, 0.29) is 5.97 Å². The van der Waals surface area contributed by atoms with Crippen molar-refractivity contribution in [3.63, 3.8) is 0 Å². The molecule has 1 aromatic carbocycles. The highest BCUT2D eigenvalue weighted by atomic mass is 16.5. The van der Waals surface area contributed by atoms with Crippen molar-refractivity contribution in [2.75, 3.05) is 12.4 Å². The Balaban J connectivity index is 2.07. The Kier molecular flexibility index (Phi) is 4.36. The molecule has 0 aromatic heterocycles. The van der Waals surface area contributed by atoms with Crippen molar-refractivity contribution in [3.8, 4) is 0 Å². The summed E-state index contributed by atoms with van der Waals surface area (Å²) in [4.78, 5) is 11.6. The van der Waals surface area contributed by atoms with Crippen LogP contribution in [0.2, 0.25) is 0 Å². The molecule has 0 spiro atoms. The number of hydrogen-bond donors (Lipinski definition) is 1. The van der Waals surface area contributed by atoms with E-state index in [4.69, 9.17) is 4.74 Å². The molecule has 0 amide bonds. The van der Waals surface area contributed by atoms with Crippen LogP contribution in [-0.4, -0.2) is 19.1 Å². The molecule has 3 heteroatoms. The zero-order valence-corrected chi connectivity index (χ0v) is 13.0. The Bertz CT molecular complexity index is 484. The van der Waals surface area contributed by atoms with E-state index in [1.165, 1.54) is 38.4 Å². The van der Waals surface area contributed by atoms with Gasteiger partial charge in [-0.05, 0) is 55.7 Å².